The minimum Gasteiger partial charge on any atom is -0.390 e. The van der Waals surface area contributed by atoms with Gasteiger partial charge in [-0.2, -0.15) is 0 Å². The summed E-state index contributed by atoms with van der Waals surface area (Å²) in [6.07, 6.45) is 8.88. The van der Waals surface area contributed by atoms with Crippen LogP contribution in [-0.4, -0.2) is 23.9 Å². The number of methoxy groups -OCH3 is 1. The largest absolute Gasteiger partial charge is 0.390 e. The average Bonchev–Trinajstić information content (AvgIpc) is 2.12. The van der Waals surface area contributed by atoms with Crippen molar-refractivity contribution in [1.82, 2.24) is 0 Å². The van der Waals surface area contributed by atoms with Crippen molar-refractivity contribution in [2.75, 3.05) is 7.11 Å². The highest BCUT2D eigenvalue weighted by molar-refractivity contribution is 4.95. The van der Waals surface area contributed by atoms with Gasteiger partial charge in [-0.25, -0.2) is 0 Å². The molecule has 0 radical (unpaired) electrons. The fraction of sp³-hybridized carbons (Fsp3) is 1.00. The van der Waals surface area contributed by atoms with Gasteiger partial charge in [-0.05, 0) is 25.7 Å². The summed E-state index contributed by atoms with van der Waals surface area (Å²) in [4.78, 5) is 0. The first kappa shape index (κ1) is 12.0. The summed E-state index contributed by atoms with van der Waals surface area (Å²) < 4.78 is 5.44. The fourth-order valence-corrected chi connectivity index (χ4v) is 2.23. The highest BCUT2D eigenvalue weighted by Crippen LogP contribution is 2.39. The average molecular weight is 200 g/mol. The predicted octanol–water partition coefficient (Wildman–Crippen LogP) is 2.89. The molecule has 1 saturated carbocycles. The summed E-state index contributed by atoms with van der Waals surface area (Å²) >= 11 is 0. The van der Waals surface area contributed by atoms with Crippen molar-refractivity contribution >= 4 is 0 Å². The Morgan fingerprint density at radius 1 is 1.29 bits per heavy atom. The molecule has 0 aromatic rings. The van der Waals surface area contributed by atoms with Gasteiger partial charge in [0.05, 0.1) is 11.7 Å². The standard InChI is InChI=1S/C12H24O2/c1-3-4-5-6-8-11(13)12(14-2)9-7-10-12/h11,13H,3-10H2,1-2H3. The summed E-state index contributed by atoms with van der Waals surface area (Å²) in [6, 6.07) is 0. The minimum absolute atomic E-state index is 0.174. The number of unbranched alkanes of at least 4 members (excludes halogenated alkanes) is 3. The molecule has 1 aliphatic carbocycles. The second kappa shape index (κ2) is 5.72. The lowest BCUT2D eigenvalue weighted by Gasteiger charge is -2.44. The van der Waals surface area contributed by atoms with Crippen molar-refractivity contribution in [3.05, 3.63) is 0 Å². The van der Waals surface area contributed by atoms with E-state index in [1.165, 1.54) is 25.7 Å². The van der Waals surface area contributed by atoms with Gasteiger partial charge < -0.3 is 9.84 Å². The van der Waals surface area contributed by atoms with Gasteiger partial charge in [-0.3, -0.25) is 0 Å². The molecule has 1 atom stereocenters. The molecule has 1 N–H and O–H groups in total. The molecule has 0 amide bonds. The molecule has 0 heterocycles. The van der Waals surface area contributed by atoms with Crippen LogP contribution in [0.4, 0.5) is 0 Å². The second-order valence-electron chi connectivity index (χ2n) is 4.49. The molecule has 1 aliphatic rings. The summed E-state index contributed by atoms with van der Waals surface area (Å²) in [5, 5.41) is 9.99. The van der Waals surface area contributed by atoms with E-state index in [1.54, 1.807) is 7.11 Å². The van der Waals surface area contributed by atoms with E-state index in [9.17, 15) is 5.11 Å². The smallest absolute Gasteiger partial charge is 0.0936 e. The first-order chi connectivity index (χ1) is 6.75. The van der Waals surface area contributed by atoms with Crippen LogP contribution < -0.4 is 0 Å². The van der Waals surface area contributed by atoms with Crippen LogP contribution >= 0.6 is 0 Å². The first-order valence-electron chi connectivity index (χ1n) is 5.98. The van der Waals surface area contributed by atoms with Crippen molar-refractivity contribution in [3.8, 4) is 0 Å². The second-order valence-corrected chi connectivity index (χ2v) is 4.49. The van der Waals surface area contributed by atoms with Crippen molar-refractivity contribution in [1.29, 1.82) is 0 Å². The van der Waals surface area contributed by atoms with E-state index in [1.807, 2.05) is 0 Å². The number of hydrogen-bond acceptors (Lipinski definition) is 2. The number of ether oxygens (including phenoxy) is 1. The Hall–Kier alpha value is -0.0800. The molecular weight excluding hydrogens is 176 g/mol. The van der Waals surface area contributed by atoms with Crippen LogP contribution in [0, 0.1) is 0 Å². The fourth-order valence-electron chi connectivity index (χ4n) is 2.23. The topological polar surface area (TPSA) is 29.5 Å². The third-order valence-electron chi connectivity index (χ3n) is 3.54. The van der Waals surface area contributed by atoms with Crippen LogP contribution in [0.2, 0.25) is 0 Å². The van der Waals surface area contributed by atoms with Gasteiger partial charge in [0.25, 0.3) is 0 Å². The molecule has 0 bridgehead atoms. The highest BCUT2D eigenvalue weighted by Gasteiger charge is 2.43. The molecule has 0 aromatic carbocycles. The van der Waals surface area contributed by atoms with E-state index in [2.05, 4.69) is 6.92 Å². The van der Waals surface area contributed by atoms with Gasteiger partial charge in [0.15, 0.2) is 0 Å². The summed E-state index contributed by atoms with van der Waals surface area (Å²) in [5.74, 6) is 0. The quantitative estimate of drug-likeness (QED) is 0.640. The maximum Gasteiger partial charge on any atom is 0.0936 e. The monoisotopic (exact) mass is 200 g/mol. The summed E-state index contributed by atoms with van der Waals surface area (Å²) in [5.41, 5.74) is -0.174. The van der Waals surface area contributed by atoms with E-state index >= 15 is 0 Å². The van der Waals surface area contributed by atoms with E-state index < -0.39 is 0 Å². The van der Waals surface area contributed by atoms with Crippen LogP contribution in [0.1, 0.15) is 58.3 Å². The summed E-state index contributed by atoms with van der Waals surface area (Å²) in [6.45, 7) is 2.21. The van der Waals surface area contributed by atoms with Crippen molar-refractivity contribution in [3.63, 3.8) is 0 Å². The molecule has 1 rings (SSSR count). The normalized spacial score (nSPS) is 21.6. The van der Waals surface area contributed by atoms with E-state index in [4.69, 9.17) is 4.74 Å². The van der Waals surface area contributed by atoms with Crippen LogP contribution in [0.25, 0.3) is 0 Å². The van der Waals surface area contributed by atoms with Gasteiger partial charge in [0, 0.05) is 7.11 Å². The van der Waals surface area contributed by atoms with Crippen molar-refractivity contribution < 1.29 is 9.84 Å². The van der Waals surface area contributed by atoms with Crippen LogP contribution in [-0.2, 0) is 4.74 Å². The zero-order valence-electron chi connectivity index (χ0n) is 9.59. The molecular formula is C12H24O2. The molecule has 1 fully saturated rings. The van der Waals surface area contributed by atoms with Crippen LogP contribution in [0.3, 0.4) is 0 Å². The van der Waals surface area contributed by atoms with Crippen LogP contribution in [0.15, 0.2) is 0 Å². The maximum atomic E-state index is 9.99. The van der Waals surface area contributed by atoms with Crippen LogP contribution in [0.5, 0.6) is 0 Å². The van der Waals surface area contributed by atoms with Gasteiger partial charge in [-0.1, -0.05) is 32.6 Å². The number of aliphatic hydroxyl groups is 1. The first-order valence-corrected chi connectivity index (χ1v) is 5.98. The molecule has 0 aromatic heterocycles. The number of hydrogen-bond donors (Lipinski definition) is 1. The molecule has 1 unspecified atom stereocenters. The Morgan fingerprint density at radius 3 is 2.43 bits per heavy atom. The molecule has 0 spiro atoms. The Morgan fingerprint density at radius 2 is 2.00 bits per heavy atom. The lowest BCUT2D eigenvalue weighted by Crippen LogP contribution is -2.49. The Labute approximate surface area is 87.7 Å². The van der Waals surface area contributed by atoms with Gasteiger partial charge in [0.1, 0.15) is 0 Å². The lowest BCUT2D eigenvalue weighted by molar-refractivity contribution is -0.151. The third kappa shape index (κ3) is 2.71. The molecule has 2 heteroatoms. The van der Waals surface area contributed by atoms with E-state index in [-0.39, 0.29) is 11.7 Å². The molecule has 2 nitrogen and oxygen atoms in total. The highest BCUT2D eigenvalue weighted by atomic mass is 16.5. The number of rotatable bonds is 7. The minimum atomic E-state index is -0.238. The van der Waals surface area contributed by atoms with E-state index in [0.717, 1.165) is 25.7 Å². The SMILES string of the molecule is CCCCCCC(O)C1(OC)CCC1. The zero-order valence-corrected chi connectivity index (χ0v) is 9.59. The maximum absolute atomic E-state index is 9.99. The summed E-state index contributed by atoms with van der Waals surface area (Å²) in [7, 11) is 1.73. The van der Waals surface area contributed by atoms with Crippen molar-refractivity contribution in [2.45, 2.75) is 70.0 Å². The number of aliphatic hydroxyl groups excluding tert-OH is 1. The molecule has 14 heavy (non-hydrogen) atoms. The zero-order chi connectivity index (χ0) is 10.4. The Kier molecular flexibility index (Phi) is 4.90. The van der Waals surface area contributed by atoms with Gasteiger partial charge in [-0.15, -0.1) is 0 Å². The lowest BCUT2D eigenvalue weighted by atomic mass is 9.74. The van der Waals surface area contributed by atoms with Gasteiger partial charge >= 0.3 is 0 Å². The van der Waals surface area contributed by atoms with Crippen molar-refractivity contribution in [2.24, 2.45) is 0 Å². The Balaban J connectivity index is 2.16. The molecule has 84 valence electrons. The predicted molar refractivity (Wildman–Crippen MR) is 58.4 cm³/mol. The molecule has 0 saturated heterocycles. The van der Waals surface area contributed by atoms with Gasteiger partial charge in [0.2, 0.25) is 0 Å². The third-order valence-corrected chi connectivity index (χ3v) is 3.54. The molecule has 0 aliphatic heterocycles. The Bertz CT molecular complexity index is 147. The van der Waals surface area contributed by atoms with E-state index in [0.29, 0.717) is 0 Å².